The first-order chi connectivity index (χ1) is 7.27. The lowest BCUT2D eigenvalue weighted by Gasteiger charge is -2.02. The van der Waals surface area contributed by atoms with Crippen molar-refractivity contribution in [3.63, 3.8) is 0 Å². The number of nitrogens with zero attached hydrogens (tertiary/aromatic N) is 2. The van der Waals surface area contributed by atoms with E-state index in [0.717, 1.165) is 0 Å². The zero-order valence-corrected chi connectivity index (χ0v) is 7.82. The van der Waals surface area contributed by atoms with Crippen LogP contribution in [0, 0.1) is 11.9 Å². The van der Waals surface area contributed by atoms with Gasteiger partial charge in [0, 0.05) is 29.9 Å². The summed E-state index contributed by atoms with van der Waals surface area (Å²) in [7, 11) is 0. The Bertz CT molecular complexity index is 428. The molecule has 0 atom stereocenters. The molecule has 2 nitrogen and oxygen atoms in total. The quantitative estimate of drug-likeness (QED) is 0.705. The summed E-state index contributed by atoms with van der Waals surface area (Å²) in [6.45, 7) is 0. The molecule has 15 heavy (non-hydrogen) atoms. The van der Waals surface area contributed by atoms with Gasteiger partial charge in [-0.05, 0) is 12.1 Å². The van der Waals surface area contributed by atoms with Gasteiger partial charge in [-0.15, -0.1) is 0 Å². The Hall–Kier alpha value is -1.84. The van der Waals surface area contributed by atoms with Crippen molar-refractivity contribution in [1.29, 1.82) is 0 Å². The molecule has 0 aliphatic rings. The minimum Gasteiger partial charge on any atom is -0.228 e. The SMILES string of the molecule is Fc1ncccc1Cc1cccnc1F. The monoisotopic (exact) mass is 206 g/mol. The summed E-state index contributed by atoms with van der Waals surface area (Å²) in [5.74, 6) is -1.14. The summed E-state index contributed by atoms with van der Waals surface area (Å²) < 4.78 is 26.3. The summed E-state index contributed by atoms with van der Waals surface area (Å²) in [6, 6.07) is 6.39. The van der Waals surface area contributed by atoms with Gasteiger partial charge in [0.05, 0.1) is 0 Å². The molecule has 0 amide bonds. The molecule has 0 spiro atoms. The summed E-state index contributed by atoms with van der Waals surface area (Å²) in [6.07, 6.45) is 2.89. The molecule has 0 bridgehead atoms. The zero-order valence-electron chi connectivity index (χ0n) is 7.82. The van der Waals surface area contributed by atoms with Crippen LogP contribution in [-0.2, 0) is 6.42 Å². The number of hydrogen-bond donors (Lipinski definition) is 0. The maximum Gasteiger partial charge on any atom is 0.216 e. The lowest BCUT2D eigenvalue weighted by molar-refractivity contribution is 0.555. The fourth-order valence-corrected chi connectivity index (χ4v) is 1.31. The first-order valence-corrected chi connectivity index (χ1v) is 4.46. The molecule has 2 heterocycles. The van der Waals surface area contributed by atoms with Gasteiger partial charge in [0.2, 0.25) is 11.9 Å². The van der Waals surface area contributed by atoms with Crippen LogP contribution in [0.3, 0.4) is 0 Å². The van der Waals surface area contributed by atoms with Crippen LogP contribution in [0.25, 0.3) is 0 Å². The van der Waals surface area contributed by atoms with E-state index in [-0.39, 0.29) is 6.42 Å². The van der Waals surface area contributed by atoms with Crippen molar-refractivity contribution in [2.24, 2.45) is 0 Å². The molecule has 0 aliphatic heterocycles. The Balaban J connectivity index is 2.30. The van der Waals surface area contributed by atoms with Crippen molar-refractivity contribution in [3.8, 4) is 0 Å². The van der Waals surface area contributed by atoms with Crippen molar-refractivity contribution >= 4 is 0 Å². The number of halogens is 2. The minimum absolute atomic E-state index is 0.166. The molecule has 0 fully saturated rings. The first kappa shape index (κ1) is 9.71. The largest absolute Gasteiger partial charge is 0.228 e. The number of hydrogen-bond acceptors (Lipinski definition) is 2. The fraction of sp³-hybridized carbons (Fsp3) is 0.0909. The Morgan fingerprint density at radius 1 is 0.867 bits per heavy atom. The van der Waals surface area contributed by atoms with Gasteiger partial charge in [0.15, 0.2) is 0 Å². The lowest BCUT2D eigenvalue weighted by atomic mass is 10.1. The predicted molar refractivity (Wildman–Crippen MR) is 51.2 cm³/mol. The molecule has 76 valence electrons. The Morgan fingerprint density at radius 3 is 1.73 bits per heavy atom. The van der Waals surface area contributed by atoms with Gasteiger partial charge in [0.25, 0.3) is 0 Å². The maximum absolute atomic E-state index is 13.2. The highest BCUT2D eigenvalue weighted by molar-refractivity contribution is 5.22. The normalized spacial score (nSPS) is 10.3. The molecule has 0 saturated heterocycles. The van der Waals surface area contributed by atoms with Crippen LogP contribution in [0.2, 0.25) is 0 Å². The van der Waals surface area contributed by atoms with Crippen LogP contribution in [0.15, 0.2) is 36.7 Å². The van der Waals surface area contributed by atoms with E-state index < -0.39 is 11.9 Å². The Labute approximate surface area is 85.6 Å². The second kappa shape index (κ2) is 4.13. The molecule has 0 aromatic carbocycles. The molecule has 0 saturated carbocycles. The van der Waals surface area contributed by atoms with Crippen molar-refractivity contribution < 1.29 is 8.78 Å². The zero-order chi connectivity index (χ0) is 10.7. The number of pyridine rings is 2. The van der Waals surface area contributed by atoms with E-state index in [1.165, 1.54) is 12.4 Å². The second-order valence-electron chi connectivity index (χ2n) is 3.08. The van der Waals surface area contributed by atoms with E-state index in [1.54, 1.807) is 24.3 Å². The fourth-order valence-electron chi connectivity index (χ4n) is 1.31. The van der Waals surface area contributed by atoms with E-state index in [2.05, 4.69) is 9.97 Å². The molecular weight excluding hydrogens is 198 g/mol. The van der Waals surface area contributed by atoms with Crippen LogP contribution in [0.5, 0.6) is 0 Å². The van der Waals surface area contributed by atoms with Crippen molar-refractivity contribution in [3.05, 3.63) is 59.7 Å². The molecule has 0 radical (unpaired) electrons. The third kappa shape index (κ3) is 2.15. The Morgan fingerprint density at radius 2 is 1.33 bits per heavy atom. The summed E-state index contributed by atoms with van der Waals surface area (Å²) in [4.78, 5) is 6.99. The van der Waals surface area contributed by atoms with Gasteiger partial charge in [-0.25, -0.2) is 9.97 Å². The third-order valence-corrected chi connectivity index (χ3v) is 2.05. The molecular formula is C11H8F2N2. The minimum atomic E-state index is -0.569. The molecule has 0 unspecified atom stereocenters. The van der Waals surface area contributed by atoms with E-state index in [9.17, 15) is 8.78 Å². The van der Waals surface area contributed by atoms with Crippen molar-refractivity contribution in [2.75, 3.05) is 0 Å². The third-order valence-electron chi connectivity index (χ3n) is 2.05. The standard InChI is InChI=1S/C11H8F2N2/c12-10-8(3-1-5-14-10)7-9-4-2-6-15-11(9)13/h1-6H,7H2. The molecule has 2 rings (SSSR count). The van der Waals surface area contributed by atoms with Crippen LogP contribution < -0.4 is 0 Å². The average molecular weight is 206 g/mol. The van der Waals surface area contributed by atoms with E-state index in [4.69, 9.17) is 0 Å². The highest BCUT2D eigenvalue weighted by Crippen LogP contribution is 2.12. The highest BCUT2D eigenvalue weighted by Gasteiger charge is 2.07. The van der Waals surface area contributed by atoms with E-state index in [1.807, 2.05) is 0 Å². The summed E-state index contributed by atoms with van der Waals surface area (Å²) >= 11 is 0. The van der Waals surface area contributed by atoms with Gasteiger partial charge in [0.1, 0.15) is 0 Å². The molecule has 0 N–H and O–H groups in total. The van der Waals surface area contributed by atoms with Crippen LogP contribution in [0.4, 0.5) is 8.78 Å². The molecule has 2 aromatic rings. The first-order valence-electron chi connectivity index (χ1n) is 4.46. The van der Waals surface area contributed by atoms with Crippen LogP contribution >= 0.6 is 0 Å². The average Bonchev–Trinajstić information content (AvgIpc) is 2.24. The van der Waals surface area contributed by atoms with Gasteiger partial charge < -0.3 is 0 Å². The van der Waals surface area contributed by atoms with Crippen LogP contribution in [-0.4, -0.2) is 9.97 Å². The molecule has 4 heteroatoms. The van der Waals surface area contributed by atoms with Gasteiger partial charge in [-0.3, -0.25) is 0 Å². The smallest absolute Gasteiger partial charge is 0.216 e. The Kier molecular flexibility index (Phi) is 2.67. The second-order valence-corrected chi connectivity index (χ2v) is 3.08. The van der Waals surface area contributed by atoms with Crippen LogP contribution in [0.1, 0.15) is 11.1 Å². The van der Waals surface area contributed by atoms with Crippen molar-refractivity contribution in [2.45, 2.75) is 6.42 Å². The van der Waals surface area contributed by atoms with E-state index in [0.29, 0.717) is 11.1 Å². The number of rotatable bonds is 2. The lowest BCUT2D eigenvalue weighted by Crippen LogP contribution is -1.98. The predicted octanol–water partition coefficient (Wildman–Crippen LogP) is 2.35. The topological polar surface area (TPSA) is 25.8 Å². The highest BCUT2D eigenvalue weighted by atomic mass is 19.1. The van der Waals surface area contributed by atoms with Gasteiger partial charge >= 0.3 is 0 Å². The van der Waals surface area contributed by atoms with Crippen molar-refractivity contribution in [1.82, 2.24) is 9.97 Å². The summed E-state index contributed by atoms with van der Waals surface area (Å²) in [5.41, 5.74) is 0.730. The van der Waals surface area contributed by atoms with Gasteiger partial charge in [-0.1, -0.05) is 12.1 Å². The molecule has 0 aliphatic carbocycles. The number of aromatic nitrogens is 2. The molecule has 2 aromatic heterocycles. The maximum atomic E-state index is 13.2. The van der Waals surface area contributed by atoms with E-state index >= 15 is 0 Å². The van der Waals surface area contributed by atoms with Gasteiger partial charge in [-0.2, -0.15) is 8.78 Å². The summed E-state index contributed by atoms with van der Waals surface area (Å²) in [5, 5.41) is 0.